The molecule has 154 valence electrons. The van der Waals surface area contributed by atoms with E-state index in [9.17, 15) is 9.59 Å². The number of hydrogen-bond donors (Lipinski definition) is 1. The van der Waals surface area contributed by atoms with Crippen molar-refractivity contribution in [2.45, 2.75) is 6.92 Å². The number of rotatable bonds is 7. The zero-order valence-electron chi connectivity index (χ0n) is 16.7. The normalized spacial score (nSPS) is 10.5. The van der Waals surface area contributed by atoms with Crippen LogP contribution >= 0.6 is 0 Å². The van der Waals surface area contributed by atoms with Crippen molar-refractivity contribution in [3.8, 4) is 28.7 Å². The number of carbonyl (C=O) groups excluding carboxylic acids is 2. The summed E-state index contributed by atoms with van der Waals surface area (Å²) in [7, 11) is 0. The Morgan fingerprint density at radius 3 is 2.29 bits per heavy atom. The number of nitrogens with one attached hydrogen (secondary N) is 1. The van der Waals surface area contributed by atoms with Crippen LogP contribution < -0.4 is 10.1 Å². The van der Waals surface area contributed by atoms with Crippen LogP contribution in [0.3, 0.4) is 0 Å². The summed E-state index contributed by atoms with van der Waals surface area (Å²) in [5.74, 6) is 0.787. The van der Waals surface area contributed by atoms with Crippen molar-refractivity contribution in [3.05, 3.63) is 84.4 Å². The number of nitrogens with zero attached hydrogens (tertiary/aromatic N) is 2. The maximum absolute atomic E-state index is 12.3. The van der Waals surface area contributed by atoms with Crippen LogP contribution in [0.5, 0.6) is 5.75 Å². The second-order valence-corrected chi connectivity index (χ2v) is 6.74. The molecule has 1 aromatic heterocycles. The Morgan fingerprint density at radius 1 is 0.871 bits per heavy atom. The van der Waals surface area contributed by atoms with Gasteiger partial charge in [-0.25, -0.2) is 0 Å². The number of anilines is 1. The van der Waals surface area contributed by atoms with Crippen molar-refractivity contribution in [3.63, 3.8) is 0 Å². The third kappa shape index (κ3) is 4.84. The van der Waals surface area contributed by atoms with Gasteiger partial charge < -0.3 is 14.5 Å². The van der Waals surface area contributed by atoms with E-state index in [1.165, 1.54) is 6.92 Å². The lowest BCUT2D eigenvalue weighted by atomic mass is 10.1. The first kappa shape index (κ1) is 20.0. The van der Waals surface area contributed by atoms with Crippen molar-refractivity contribution < 1.29 is 18.7 Å². The summed E-state index contributed by atoms with van der Waals surface area (Å²) in [4.78, 5) is 23.6. The van der Waals surface area contributed by atoms with Crippen LogP contribution in [0, 0.1) is 0 Å². The molecule has 0 aliphatic rings. The van der Waals surface area contributed by atoms with Crippen LogP contribution in [0.15, 0.2) is 83.3 Å². The molecular formula is C24H19N3O4. The number of aromatic nitrogens is 2. The smallest absolute Gasteiger partial charge is 0.262 e. The van der Waals surface area contributed by atoms with Gasteiger partial charge in [-0.1, -0.05) is 30.3 Å². The van der Waals surface area contributed by atoms with E-state index in [1.54, 1.807) is 42.5 Å². The van der Waals surface area contributed by atoms with Crippen molar-refractivity contribution in [2.24, 2.45) is 0 Å². The maximum Gasteiger partial charge on any atom is 0.262 e. The lowest BCUT2D eigenvalue weighted by Gasteiger charge is -2.10. The van der Waals surface area contributed by atoms with Crippen LogP contribution in [0.25, 0.3) is 22.9 Å². The molecule has 4 rings (SSSR count). The minimum absolute atomic E-state index is 0.0331. The van der Waals surface area contributed by atoms with Gasteiger partial charge in [0, 0.05) is 16.8 Å². The summed E-state index contributed by atoms with van der Waals surface area (Å²) in [5, 5.41) is 11.0. The number of Topliss-reactive ketones (excluding diaryl/α,β-unsaturated/α-hetero) is 1. The molecular weight excluding hydrogens is 394 g/mol. The fraction of sp³-hybridized carbons (Fsp3) is 0.0833. The highest BCUT2D eigenvalue weighted by atomic mass is 16.5. The molecule has 0 saturated heterocycles. The van der Waals surface area contributed by atoms with E-state index < -0.39 is 0 Å². The molecule has 7 heteroatoms. The fourth-order valence-corrected chi connectivity index (χ4v) is 2.93. The maximum atomic E-state index is 12.3. The number of para-hydroxylation sites is 1. The van der Waals surface area contributed by atoms with Crippen LogP contribution in [0.2, 0.25) is 0 Å². The van der Waals surface area contributed by atoms with E-state index in [0.717, 1.165) is 5.56 Å². The summed E-state index contributed by atoms with van der Waals surface area (Å²) >= 11 is 0. The molecule has 0 atom stereocenters. The number of benzene rings is 3. The van der Waals surface area contributed by atoms with Crippen molar-refractivity contribution in [1.29, 1.82) is 0 Å². The monoisotopic (exact) mass is 413 g/mol. The van der Waals surface area contributed by atoms with Gasteiger partial charge in [-0.05, 0) is 55.5 Å². The van der Waals surface area contributed by atoms with Crippen LogP contribution in [0.4, 0.5) is 5.69 Å². The molecule has 0 spiro atoms. The van der Waals surface area contributed by atoms with E-state index in [1.807, 2.05) is 36.4 Å². The van der Waals surface area contributed by atoms with Gasteiger partial charge in [0.05, 0.1) is 5.56 Å². The number of ketones is 1. The highest BCUT2D eigenvalue weighted by molar-refractivity contribution is 5.96. The van der Waals surface area contributed by atoms with Crippen molar-refractivity contribution in [1.82, 2.24) is 10.2 Å². The SMILES string of the molecule is CC(=O)c1ccc(NC(=O)COc2ccccc2-c2nnc(-c3ccccc3)o2)cc1. The standard InChI is InChI=1S/C24H19N3O4/c1-16(28)17-11-13-19(14-12-17)25-22(29)15-30-21-10-6-5-9-20(21)24-27-26-23(31-24)18-7-3-2-4-8-18/h2-14H,15H2,1H3,(H,25,29). The van der Waals surface area contributed by atoms with E-state index in [2.05, 4.69) is 15.5 Å². The molecule has 0 unspecified atom stereocenters. The largest absolute Gasteiger partial charge is 0.483 e. The van der Waals surface area contributed by atoms with Gasteiger partial charge in [-0.3, -0.25) is 9.59 Å². The average molecular weight is 413 g/mol. The number of amides is 1. The van der Waals surface area contributed by atoms with E-state index >= 15 is 0 Å². The predicted octanol–water partition coefficient (Wildman–Crippen LogP) is 4.62. The summed E-state index contributed by atoms with van der Waals surface area (Å²) in [6.07, 6.45) is 0. The van der Waals surface area contributed by atoms with Gasteiger partial charge >= 0.3 is 0 Å². The van der Waals surface area contributed by atoms with Gasteiger partial charge in [0.1, 0.15) is 5.75 Å². The minimum Gasteiger partial charge on any atom is -0.483 e. The third-order valence-electron chi connectivity index (χ3n) is 4.50. The van der Waals surface area contributed by atoms with Crippen LogP contribution in [0.1, 0.15) is 17.3 Å². The van der Waals surface area contributed by atoms with Crippen molar-refractivity contribution >= 4 is 17.4 Å². The zero-order chi connectivity index (χ0) is 21.6. The zero-order valence-corrected chi connectivity index (χ0v) is 16.7. The Hall–Kier alpha value is -4.26. The van der Waals surface area contributed by atoms with E-state index in [0.29, 0.717) is 34.3 Å². The van der Waals surface area contributed by atoms with Gasteiger partial charge in [0.2, 0.25) is 5.89 Å². The second-order valence-electron chi connectivity index (χ2n) is 6.74. The third-order valence-corrected chi connectivity index (χ3v) is 4.50. The highest BCUT2D eigenvalue weighted by Crippen LogP contribution is 2.30. The molecule has 0 bridgehead atoms. The summed E-state index contributed by atoms with van der Waals surface area (Å²) in [6, 6.07) is 23.3. The molecule has 0 aliphatic carbocycles. The Balaban J connectivity index is 1.44. The van der Waals surface area contributed by atoms with E-state index in [-0.39, 0.29) is 18.3 Å². The number of carbonyl (C=O) groups is 2. The molecule has 0 aliphatic heterocycles. The molecule has 1 N–H and O–H groups in total. The average Bonchev–Trinajstić information content (AvgIpc) is 3.29. The van der Waals surface area contributed by atoms with Gasteiger partial charge in [-0.15, -0.1) is 10.2 Å². The Bertz CT molecular complexity index is 1200. The highest BCUT2D eigenvalue weighted by Gasteiger charge is 2.15. The number of hydrogen-bond acceptors (Lipinski definition) is 6. The van der Waals surface area contributed by atoms with Gasteiger partial charge in [-0.2, -0.15) is 0 Å². The molecule has 1 heterocycles. The molecule has 3 aromatic carbocycles. The summed E-state index contributed by atoms with van der Waals surface area (Å²) < 4.78 is 11.5. The number of ether oxygens (including phenoxy) is 1. The second kappa shape index (κ2) is 9.04. The Labute approximate surface area is 178 Å². The minimum atomic E-state index is -0.333. The molecule has 1 amide bonds. The molecule has 31 heavy (non-hydrogen) atoms. The first-order valence-corrected chi connectivity index (χ1v) is 9.62. The fourth-order valence-electron chi connectivity index (χ4n) is 2.93. The molecule has 0 fully saturated rings. The predicted molar refractivity (Wildman–Crippen MR) is 116 cm³/mol. The Morgan fingerprint density at radius 2 is 1.55 bits per heavy atom. The van der Waals surface area contributed by atoms with E-state index in [4.69, 9.17) is 9.15 Å². The molecule has 0 saturated carbocycles. The van der Waals surface area contributed by atoms with Crippen molar-refractivity contribution in [2.75, 3.05) is 11.9 Å². The quantitative estimate of drug-likeness (QED) is 0.444. The first-order chi connectivity index (χ1) is 15.1. The lowest BCUT2D eigenvalue weighted by Crippen LogP contribution is -2.20. The molecule has 4 aromatic rings. The van der Waals surface area contributed by atoms with Crippen LogP contribution in [-0.2, 0) is 4.79 Å². The van der Waals surface area contributed by atoms with Gasteiger partial charge in [0.25, 0.3) is 11.8 Å². The topological polar surface area (TPSA) is 94.3 Å². The van der Waals surface area contributed by atoms with Crippen LogP contribution in [-0.4, -0.2) is 28.5 Å². The molecule has 0 radical (unpaired) electrons. The Kier molecular flexibility index (Phi) is 5.84. The molecule has 7 nitrogen and oxygen atoms in total. The summed E-state index contributed by atoms with van der Waals surface area (Å²) in [5.41, 5.74) is 2.57. The van der Waals surface area contributed by atoms with Gasteiger partial charge in [0.15, 0.2) is 12.4 Å². The summed E-state index contributed by atoms with van der Waals surface area (Å²) in [6.45, 7) is 1.29. The first-order valence-electron chi connectivity index (χ1n) is 9.62. The lowest BCUT2D eigenvalue weighted by molar-refractivity contribution is -0.118.